The lowest BCUT2D eigenvalue weighted by Gasteiger charge is -2.12. The first kappa shape index (κ1) is 16.7. The van der Waals surface area contributed by atoms with Gasteiger partial charge in [-0.05, 0) is 41.8 Å². The van der Waals surface area contributed by atoms with E-state index in [1.807, 2.05) is 0 Å². The molecular formula is C17H19F2N3O. The first-order valence-corrected chi connectivity index (χ1v) is 7.16. The summed E-state index contributed by atoms with van der Waals surface area (Å²) in [5, 5.41) is 15.3. The monoisotopic (exact) mass is 319 g/mol. The van der Waals surface area contributed by atoms with Crippen LogP contribution in [0.3, 0.4) is 0 Å². The molecule has 0 amide bonds. The Hall–Kier alpha value is -2.63. The van der Waals surface area contributed by atoms with Crippen LogP contribution in [-0.2, 0) is 13.1 Å². The molecule has 0 heterocycles. The second-order valence-corrected chi connectivity index (χ2v) is 5.15. The number of halogens is 2. The van der Waals surface area contributed by atoms with E-state index in [0.29, 0.717) is 30.2 Å². The quantitative estimate of drug-likeness (QED) is 0.600. The van der Waals surface area contributed by atoms with Crippen LogP contribution in [0.2, 0.25) is 0 Å². The van der Waals surface area contributed by atoms with Crippen molar-refractivity contribution in [2.75, 3.05) is 7.05 Å². The van der Waals surface area contributed by atoms with E-state index in [1.54, 1.807) is 32.2 Å². The average molecular weight is 319 g/mol. The van der Waals surface area contributed by atoms with E-state index < -0.39 is 5.82 Å². The molecule has 2 aromatic carbocycles. The number of aliphatic imine (C=N–C) groups is 1. The van der Waals surface area contributed by atoms with Gasteiger partial charge in [-0.25, -0.2) is 8.78 Å². The van der Waals surface area contributed by atoms with Gasteiger partial charge in [0, 0.05) is 20.1 Å². The maximum Gasteiger partial charge on any atom is 0.191 e. The molecule has 4 nitrogen and oxygen atoms in total. The van der Waals surface area contributed by atoms with Gasteiger partial charge in [0.1, 0.15) is 5.82 Å². The van der Waals surface area contributed by atoms with E-state index in [0.717, 1.165) is 5.56 Å². The molecule has 0 saturated heterocycles. The average Bonchev–Trinajstić information content (AvgIpc) is 2.54. The van der Waals surface area contributed by atoms with Crippen LogP contribution in [0.1, 0.15) is 16.7 Å². The third-order valence-corrected chi connectivity index (χ3v) is 3.38. The maximum absolute atomic E-state index is 13.3. The van der Waals surface area contributed by atoms with Gasteiger partial charge in [-0.15, -0.1) is 0 Å². The second-order valence-electron chi connectivity index (χ2n) is 5.15. The minimum atomic E-state index is -0.658. The van der Waals surface area contributed by atoms with Gasteiger partial charge in [-0.1, -0.05) is 18.2 Å². The lowest BCUT2D eigenvalue weighted by Crippen LogP contribution is -2.36. The smallest absolute Gasteiger partial charge is 0.191 e. The largest absolute Gasteiger partial charge is 0.505 e. The Labute approximate surface area is 133 Å². The number of benzene rings is 2. The molecule has 0 atom stereocenters. The fourth-order valence-corrected chi connectivity index (χ4v) is 2.07. The Kier molecular flexibility index (Phi) is 5.51. The molecule has 0 fully saturated rings. The van der Waals surface area contributed by atoms with Gasteiger partial charge in [0.2, 0.25) is 0 Å². The van der Waals surface area contributed by atoms with Gasteiger partial charge in [0.25, 0.3) is 0 Å². The molecule has 6 heteroatoms. The van der Waals surface area contributed by atoms with Crippen LogP contribution < -0.4 is 10.6 Å². The highest BCUT2D eigenvalue weighted by atomic mass is 19.1. The van der Waals surface area contributed by atoms with Crippen LogP contribution in [-0.4, -0.2) is 18.1 Å². The van der Waals surface area contributed by atoms with Gasteiger partial charge in [-0.3, -0.25) is 4.99 Å². The van der Waals surface area contributed by atoms with Crippen LogP contribution in [0.5, 0.6) is 5.75 Å². The summed E-state index contributed by atoms with van der Waals surface area (Å²) in [7, 11) is 1.63. The third-order valence-electron chi connectivity index (χ3n) is 3.38. The lowest BCUT2D eigenvalue weighted by molar-refractivity contribution is 0.431. The molecule has 122 valence electrons. The highest BCUT2D eigenvalue weighted by Crippen LogP contribution is 2.15. The molecule has 0 bridgehead atoms. The van der Waals surface area contributed by atoms with Crippen LogP contribution in [0.15, 0.2) is 41.4 Å². The first-order valence-electron chi connectivity index (χ1n) is 7.16. The summed E-state index contributed by atoms with van der Waals surface area (Å²) in [6.07, 6.45) is 0. The van der Waals surface area contributed by atoms with E-state index in [2.05, 4.69) is 15.6 Å². The number of hydrogen-bond acceptors (Lipinski definition) is 2. The molecular weight excluding hydrogens is 300 g/mol. The summed E-state index contributed by atoms with van der Waals surface area (Å²) in [6, 6.07) is 9.11. The predicted octanol–water partition coefficient (Wildman–Crippen LogP) is 2.84. The summed E-state index contributed by atoms with van der Waals surface area (Å²) >= 11 is 0. The van der Waals surface area contributed by atoms with Crippen LogP contribution >= 0.6 is 0 Å². The molecule has 2 aromatic rings. The van der Waals surface area contributed by atoms with Gasteiger partial charge in [0.15, 0.2) is 17.5 Å². The van der Waals surface area contributed by atoms with Crippen molar-refractivity contribution in [1.29, 1.82) is 0 Å². The van der Waals surface area contributed by atoms with Gasteiger partial charge < -0.3 is 15.7 Å². The fraction of sp³-hybridized carbons (Fsp3) is 0.235. The molecule has 0 radical (unpaired) electrons. The number of rotatable bonds is 4. The van der Waals surface area contributed by atoms with Crippen molar-refractivity contribution >= 4 is 5.96 Å². The van der Waals surface area contributed by atoms with Crippen molar-refractivity contribution in [3.63, 3.8) is 0 Å². The number of phenolic OH excluding ortho intramolecular Hbond substituents is 1. The topological polar surface area (TPSA) is 56.7 Å². The van der Waals surface area contributed by atoms with Crippen LogP contribution in [0, 0.1) is 18.6 Å². The molecule has 3 N–H and O–H groups in total. The number of aryl methyl sites for hydroxylation is 1. The molecule has 0 spiro atoms. The SMILES string of the molecule is CN=C(NCc1ccc(F)c(C)c1)NCc1ccc(O)c(F)c1. The van der Waals surface area contributed by atoms with Gasteiger partial charge in [-0.2, -0.15) is 0 Å². The molecule has 0 unspecified atom stereocenters. The molecule has 0 aromatic heterocycles. The number of hydrogen-bond donors (Lipinski definition) is 3. The summed E-state index contributed by atoms with van der Waals surface area (Å²) in [5.41, 5.74) is 2.20. The Bertz CT molecular complexity index is 659. The zero-order valence-electron chi connectivity index (χ0n) is 13.0. The zero-order chi connectivity index (χ0) is 16.8. The van der Waals surface area contributed by atoms with E-state index in [9.17, 15) is 8.78 Å². The number of guanidine groups is 1. The van der Waals surface area contributed by atoms with Gasteiger partial charge >= 0.3 is 0 Å². The van der Waals surface area contributed by atoms with E-state index in [-0.39, 0.29) is 11.6 Å². The van der Waals surface area contributed by atoms with Crippen molar-refractivity contribution in [2.45, 2.75) is 20.0 Å². The highest BCUT2D eigenvalue weighted by molar-refractivity contribution is 5.79. The number of phenols is 1. The Morgan fingerprint density at radius 2 is 1.61 bits per heavy atom. The van der Waals surface area contributed by atoms with Crippen molar-refractivity contribution in [3.8, 4) is 5.75 Å². The maximum atomic E-state index is 13.3. The zero-order valence-corrected chi connectivity index (χ0v) is 13.0. The van der Waals surface area contributed by atoms with Crippen molar-refractivity contribution < 1.29 is 13.9 Å². The molecule has 2 rings (SSSR count). The minimum Gasteiger partial charge on any atom is -0.505 e. The summed E-state index contributed by atoms with van der Waals surface area (Å²) in [6.45, 7) is 2.56. The minimum absolute atomic E-state index is 0.231. The molecule has 23 heavy (non-hydrogen) atoms. The fourth-order valence-electron chi connectivity index (χ4n) is 2.07. The summed E-state index contributed by atoms with van der Waals surface area (Å²) in [4.78, 5) is 4.08. The first-order chi connectivity index (χ1) is 11.0. The predicted molar refractivity (Wildman–Crippen MR) is 86.2 cm³/mol. The van der Waals surface area contributed by atoms with Gasteiger partial charge in [0.05, 0.1) is 0 Å². The van der Waals surface area contributed by atoms with Crippen LogP contribution in [0.25, 0.3) is 0 Å². The van der Waals surface area contributed by atoms with E-state index in [1.165, 1.54) is 18.2 Å². The third kappa shape index (κ3) is 4.67. The second kappa shape index (κ2) is 7.58. The molecule has 0 saturated carbocycles. The standard InChI is InChI=1S/C17H19F2N3O/c1-11-7-12(3-5-14(11)18)9-21-17(20-2)22-10-13-4-6-16(23)15(19)8-13/h3-8,23H,9-10H2,1-2H3,(H2,20,21,22). The van der Waals surface area contributed by atoms with E-state index >= 15 is 0 Å². The number of aromatic hydroxyl groups is 1. The highest BCUT2D eigenvalue weighted by Gasteiger charge is 2.04. The van der Waals surface area contributed by atoms with Crippen molar-refractivity contribution in [1.82, 2.24) is 10.6 Å². The summed E-state index contributed by atoms with van der Waals surface area (Å²) in [5.74, 6) is -0.719. The molecule has 0 aliphatic carbocycles. The summed E-state index contributed by atoms with van der Waals surface area (Å²) < 4.78 is 26.5. The number of nitrogens with one attached hydrogen (secondary N) is 2. The normalized spacial score (nSPS) is 11.4. The Morgan fingerprint density at radius 3 is 2.17 bits per heavy atom. The van der Waals surface area contributed by atoms with Crippen molar-refractivity contribution in [2.24, 2.45) is 4.99 Å². The molecule has 0 aliphatic heterocycles. The van der Waals surface area contributed by atoms with Crippen molar-refractivity contribution in [3.05, 3.63) is 64.7 Å². The van der Waals surface area contributed by atoms with Crippen LogP contribution in [0.4, 0.5) is 8.78 Å². The Morgan fingerprint density at radius 1 is 1.00 bits per heavy atom. The number of nitrogens with zero attached hydrogens (tertiary/aromatic N) is 1. The van der Waals surface area contributed by atoms with E-state index in [4.69, 9.17) is 5.11 Å². The molecule has 0 aliphatic rings. The Balaban J connectivity index is 1.90. The lowest BCUT2D eigenvalue weighted by atomic mass is 10.1.